The van der Waals surface area contributed by atoms with E-state index in [1.54, 1.807) is 24.3 Å². The Hall–Kier alpha value is -1.89. The third-order valence-electron chi connectivity index (χ3n) is 3.96. The van der Waals surface area contributed by atoms with Crippen molar-refractivity contribution in [2.75, 3.05) is 0 Å². The molecule has 4 nitrogen and oxygen atoms in total. The summed E-state index contributed by atoms with van der Waals surface area (Å²) in [5.74, 6) is -0.921. The van der Waals surface area contributed by atoms with Crippen LogP contribution in [0.2, 0.25) is 0 Å². The molecule has 0 unspecified atom stereocenters. The van der Waals surface area contributed by atoms with Gasteiger partial charge in [0.1, 0.15) is 11.5 Å². The molecule has 0 saturated carbocycles. The minimum atomic E-state index is -0.506. The number of hydrogen-bond donors (Lipinski definition) is 2. The fourth-order valence-corrected chi connectivity index (χ4v) is 3.36. The van der Waals surface area contributed by atoms with Gasteiger partial charge < -0.3 is 10.2 Å². The van der Waals surface area contributed by atoms with Gasteiger partial charge in [-0.25, -0.2) is 0 Å². The maximum Gasteiger partial charge on any atom is 0.202 e. The van der Waals surface area contributed by atoms with Crippen LogP contribution in [0.15, 0.2) is 24.3 Å². The van der Waals surface area contributed by atoms with Crippen molar-refractivity contribution in [3.8, 4) is 11.5 Å². The van der Waals surface area contributed by atoms with E-state index >= 15 is 0 Å². The highest BCUT2D eigenvalue weighted by atomic mass is 127. The van der Waals surface area contributed by atoms with Crippen LogP contribution in [0.4, 0.5) is 0 Å². The predicted octanol–water partition coefficient (Wildman–Crippen LogP) is 3.68. The summed E-state index contributed by atoms with van der Waals surface area (Å²) in [5, 5.41) is 20.7. The Balaban J connectivity index is 2.26. The number of aromatic hydroxyl groups is 2. The Morgan fingerprint density at radius 3 is 2.09 bits per heavy atom. The summed E-state index contributed by atoms with van der Waals surface area (Å²) in [6.07, 6.45) is 0.603. The van der Waals surface area contributed by atoms with Crippen LogP contribution >= 0.6 is 22.6 Å². The largest absolute Gasteiger partial charge is 0.507 e. The third kappa shape index (κ3) is 2.43. The molecule has 0 aliphatic heterocycles. The summed E-state index contributed by atoms with van der Waals surface area (Å²) in [6, 6.07) is 6.42. The number of phenolic OH excluding ortho intramolecular Hbond substituents is 2. The summed E-state index contributed by atoms with van der Waals surface area (Å²) in [5.41, 5.74) is 0.974. The van der Waals surface area contributed by atoms with Crippen LogP contribution in [0, 0.1) is 9.49 Å². The maximum atomic E-state index is 12.8. The molecule has 0 heterocycles. The molecule has 23 heavy (non-hydrogen) atoms. The lowest BCUT2D eigenvalue weighted by atomic mass is 9.81. The van der Waals surface area contributed by atoms with Crippen molar-refractivity contribution in [2.45, 2.75) is 20.3 Å². The Bertz CT molecular complexity index is 853. The first-order valence-corrected chi connectivity index (χ1v) is 8.36. The molecule has 5 heteroatoms. The van der Waals surface area contributed by atoms with Gasteiger partial charge in [-0.15, -0.1) is 0 Å². The fraction of sp³-hybridized carbons (Fsp3) is 0.222. The standard InChI is InChI=1S/C18H15IO4/c1-8(2)7-9-3-4-10-13(15(9)20)18(23)14-11(16(10)21)5-6-12(19)17(14)22/h3-6,8,20,22H,7H2,1-2H3. The van der Waals surface area contributed by atoms with Crippen LogP contribution in [-0.2, 0) is 6.42 Å². The molecule has 3 rings (SSSR count). The van der Waals surface area contributed by atoms with Crippen molar-refractivity contribution >= 4 is 34.2 Å². The SMILES string of the molecule is CC(C)Cc1ccc2c(c1O)C(=O)c1c(ccc(I)c1O)C2=O. The Morgan fingerprint density at radius 2 is 1.48 bits per heavy atom. The Labute approximate surface area is 147 Å². The molecule has 0 spiro atoms. The highest BCUT2D eigenvalue weighted by Crippen LogP contribution is 2.39. The first kappa shape index (κ1) is 16.0. The average molecular weight is 422 g/mol. The van der Waals surface area contributed by atoms with Gasteiger partial charge in [0.2, 0.25) is 5.78 Å². The van der Waals surface area contributed by atoms with Gasteiger partial charge in [-0.2, -0.15) is 0 Å². The monoisotopic (exact) mass is 422 g/mol. The van der Waals surface area contributed by atoms with Crippen LogP contribution in [0.25, 0.3) is 0 Å². The van der Waals surface area contributed by atoms with E-state index in [0.29, 0.717) is 21.5 Å². The van der Waals surface area contributed by atoms with Crippen molar-refractivity contribution in [3.63, 3.8) is 0 Å². The first-order valence-electron chi connectivity index (χ1n) is 7.28. The normalized spacial score (nSPS) is 13.2. The molecule has 0 saturated heterocycles. The summed E-state index contributed by atoms with van der Waals surface area (Å²) in [4.78, 5) is 25.4. The van der Waals surface area contributed by atoms with E-state index in [1.165, 1.54) is 0 Å². The van der Waals surface area contributed by atoms with Crippen LogP contribution in [0.3, 0.4) is 0 Å². The van der Waals surface area contributed by atoms with Crippen molar-refractivity contribution < 1.29 is 19.8 Å². The summed E-state index contributed by atoms with van der Waals surface area (Å²) in [6.45, 7) is 4.02. The number of rotatable bonds is 2. The number of phenols is 2. The molecule has 118 valence electrons. The maximum absolute atomic E-state index is 12.8. The zero-order valence-corrected chi connectivity index (χ0v) is 14.8. The highest BCUT2D eigenvalue weighted by molar-refractivity contribution is 14.1. The minimum absolute atomic E-state index is 0.00190. The number of halogens is 1. The van der Waals surface area contributed by atoms with Gasteiger partial charge in [0, 0.05) is 11.1 Å². The molecule has 1 aliphatic rings. The number of carbonyl (C=O) groups excluding carboxylic acids is 2. The lowest BCUT2D eigenvalue weighted by Crippen LogP contribution is -2.22. The van der Waals surface area contributed by atoms with E-state index in [2.05, 4.69) is 0 Å². The molecular formula is C18H15IO4. The fourth-order valence-electron chi connectivity index (χ4n) is 2.91. The number of fused-ring (bicyclic) bond motifs is 2. The van der Waals surface area contributed by atoms with Crippen LogP contribution in [0.5, 0.6) is 11.5 Å². The summed E-state index contributed by atoms with van der Waals surface area (Å²) in [7, 11) is 0. The van der Waals surface area contributed by atoms with Gasteiger partial charge in [0.15, 0.2) is 5.78 Å². The summed E-state index contributed by atoms with van der Waals surface area (Å²) < 4.78 is 0.490. The molecule has 0 radical (unpaired) electrons. The van der Waals surface area contributed by atoms with E-state index in [1.807, 2.05) is 36.4 Å². The average Bonchev–Trinajstić information content (AvgIpc) is 2.49. The molecule has 0 aromatic heterocycles. The summed E-state index contributed by atoms with van der Waals surface area (Å²) >= 11 is 1.90. The lowest BCUT2D eigenvalue weighted by molar-refractivity contribution is 0.0974. The first-order chi connectivity index (χ1) is 10.8. The molecule has 2 aromatic rings. The van der Waals surface area contributed by atoms with Crippen molar-refractivity contribution in [3.05, 3.63) is 55.7 Å². The van der Waals surface area contributed by atoms with Gasteiger partial charge in [-0.1, -0.05) is 19.9 Å². The van der Waals surface area contributed by atoms with Crippen LogP contribution in [0.1, 0.15) is 51.3 Å². The Morgan fingerprint density at radius 1 is 0.913 bits per heavy atom. The predicted molar refractivity (Wildman–Crippen MR) is 94.3 cm³/mol. The van der Waals surface area contributed by atoms with E-state index in [9.17, 15) is 19.8 Å². The van der Waals surface area contributed by atoms with Gasteiger partial charge in [-0.3, -0.25) is 9.59 Å². The van der Waals surface area contributed by atoms with Crippen molar-refractivity contribution in [1.29, 1.82) is 0 Å². The van der Waals surface area contributed by atoms with Crippen molar-refractivity contribution in [1.82, 2.24) is 0 Å². The Kier molecular flexibility index (Phi) is 3.91. The second-order valence-corrected chi connectivity index (χ2v) is 7.23. The van der Waals surface area contributed by atoms with Crippen LogP contribution in [-0.4, -0.2) is 21.8 Å². The van der Waals surface area contributed by atoms with Gasteiger partial charge in [0.05, 0.1) is 14.7 Å². The number of ketones is 2. The van der Waals surface area contributed by atoms with E-state index in [-0.39, 0.29) is 39.5 Å². The number of carbonyl (C=O) groups is 2. The number of hydrogen-bond acceptors (Lipinski definition) is 4. The zero-order chi connectivity index (χ0) is 16.9. The second kappa shape index (κ2) is 5.63. The van der Waals surface area contributed by atoms with Crippen LogP contribution < -0.4 is 0 Å². The quantitative estimate of drug-likeness (QED) is 0.619. The molecule has 0 fully saturated rings. The molecule has 0 amide bonds. The zero-order valence-electron chi connectivity index (χ0n) is 12.7. The third-order valence-corrected chi connectivity index (χ3v) is 4.83. The minimum Gasteiger partial charge on any atom is -0.507 e. The molecule has 0 atom stereocenters. The van der Waals surface area contributed by atoms with E-state index < -0.39 is 5.78 Å². The van der Waals surface area contributed by atoms with Crippen molar-refractivity contribution in [2.24, 2.45) is 5.92 Å². The second-order valence-electron chi connectivity index (χ2n) is 6.07. The van der Waals surface area contributed by atoms with Gasteiger partial charge in [0.25, 0.3) is 0 Å². The number of benzene rings is 2. The molecule has 2 aromatic carbocycles. The molecule has 1 aliphatic carbocycles. The lowest BCUT2D eigenvalue weighted by Gasteiger charge is -2.21. The van der Waals surface area contributed by atoms with Gasteiger partial charge >= 0.3 is 0 Å². The topological polar surface area (TPSA) is 74.6 Å². The molecule has 2 N–H and O–H groups in total. The van der Waals surface area contributed by atoms with Gasteiger partial charge in [-0.05, 0) is 58.7 Å². The highest BCUT2D eigenvalue weighted by Gasteiger charge is 2.35. The molecular weight excluding hydrogens is 407 g/mol. The molecule has 0 bridgehead atoms. The van der Waals surface area contributed by atoms with E-state index in [4.69, 9.17) is 0 Å². The smallest absolute Gasteiger partial charge is 0.202 e. The van der Waals surface area contributed by atoms with E-state index in [0.717, 1.165) is 0 Å².